The van der Waals surface area contributed by atoms with Crippen molar-refractivity contribution in [2.75, 3.05) is 21.7 Å². The molecule has 0 atom stereocenters. The number of para-hydroxylation sites is 2. The van der Waals surface area contributed by atoms with Gasteiger partial charge in [-0.15, -0.1) is 0 Å². The molecule has 0 radical (unpaired) electrons. The van der Waals surface area contributed by atoms with Gasteiger partial charge in [-0.05, 0) is 48.2 Å². The summed E-state index contributed by atoms with van der Waals surface area (Å²) in [6.07, 6.45) is 1.29. The lowest BCUT2D eigenvalue weighted by Crippen LogP contribution is -2.30. The van der Waals surface area contributed by atoms with Gasteiger partial charge in [0, 0.05) is 23.9 Å². The number of benzene rings is 4. The van der Waals surface area contributed by atoms with E-state index in [0.717, 1.165) is 11.1 Å². The molecular weight excluding hydrogens is 468 g/mol. The molecule has 4 aromatic carbocycles. The van der Waals surface area contributed by atoms with Crippen LogP contribution in [0.3, 0.4) is 0 Å². The zero-order chi connectivity index (χ0) is 23.5. The fourth-order valence-electron chi connectivity index (χ4n) is 5.05. The van der Waals surface area contributed by atoms with Gasteiger partial charge in [-0.2, -0.15) is 0 Å². The molecule has 6 nitrogen and oxygen atoms in total. The predicted octanol–water partition coefficient (Wildman–Crippen LogP) is 4.34. The Morgan fingerprint density at radius 1 is 0.500 bits per heavy atom. The molecule has 2 heterocycles. The molecule has 8 heteroatoms. The number of hydrogen-bond acceptors (Lipinski definition) is 4. The van der Waals surface area contributed by atoms with Crippen molar-refractivity contribution in [2.45, 2.75) is 22.6 Å². The maximum absolute atomic E-state index is 13.8. The summed E-state index contributed by atoms with van der Waals surface area (Å²) in [6.45, 7) is 0.723. The average Bonchev–Trinajstić information content (AvgIpc) is 3.48. The average molecular weight is 491 g/mol. The van der Waals surface area contributed by atoms with Crippen LogP contribution in [0.25, 0.3) is 10.8 Å². The van der Waals surface area contributed by atoms with Crippen molar-refractivity contribution < 1.29 is 16.8 Å². The Morgan fingerprint density at radius 2 is 0.912 bits per heavy atom. The smallest absolute Gasteiger partial charge is 0.264 e. The molecule has 0 aliphatic carbocycles. The van der Waals surface area contributed by atoms with Crippen molar-refractivity contribution >= 4 is 42.2 Å². The minimum atomic E-state index is -3.88. The van der Waals surface area contributed by atoms with Crippen molar-refractivity contribution in [2.24, 2.45) is 0 Å². The highest BCUT2D eigenvalue weighted by molar-refractivity contribution is 7.93. The monoisotopic (exact) mass is 490 g/mol. The lowest BCUT2D eigenvalue weighted by atomic mass is 10.1. The summed E-state index contributed by atoms with van der Waals surface area (Å²) in [7, 11) is -7.77. The van der Waals surface area contributed by atoms with Gasteiger partial charge in [0.25, 0.3) is 20.0 Å². The molecular formula is C26H22N2O4S2. The molecule has 0 aromatic heterocycles. The Hall–Kier alpha value is -3.36. The van der Waals surface area contributed by atoms with Crippen molar-refractivity contribution in [1.29, 1.82) is 0 Å². The predicted molar refractivity (Wildman–Crippen MR) is 133 cm³/mol. The molecule has 0 N–H and O–H groups in total. The third-order valence-electron chi connectivity index (χ3n) is 6.67. The maximum Gasteiger partial charge on any atom is 0.264 e. The lowest BCUT2D eigenvalue weighted by Gasteiger charge is -2.23. The summed E-state index contributed by atoms with van der Waals surface area (Å²) in [5.41, 5.74) is 3.33. The van der Waals surface area contributed by atoms with Crippen LogP contribution in [-0.2, 0) is 32.9 Å². The Labute approximate surface area is 199 Å². The summed E-state index contributed by atoms with van der Waals surface area (Å²) >= 11 is 0. The lowest BCUT2D eigenvalue weighted by molar-refractivity contribution is 0.591. The first kappa shape index (κ1) is 21.2. The van der Waals surface area contributed by atoms with Gasteiger partial charge in [0.1, 0.15) is 0 Å². The van der Waals surface area contributed by atoms with Gasteiger partial charge < -0.3 is 0 Å². The van der Waals surface area contributed by atoms with E-state index in [-0.39, 0.29) is 9.79 Å². The summed E-state index contributed by atoms with van der Waals surface area (Å²) < 4.78 is 57.9. The van der Waals surface area contributed by atoms with Crippen LogP contribution in [0.1, 0.15) is 11.1 Å². The van der Waals surface area contributed by atoms with Crippen LogP contribution in [0.15, 0.2) is 94.7 Å². The van der Waals surface area contributed by atoms with Crippen LogP contribution in [-0.4, -0.2) is 29.9 Å². The van der Waals surface area contributed by atoms with Crippen molar-refractivity contribution in [3.05, 3.63) is 96.1 Å². The minimum Gasteiger partial charge on any atom is -0.266 e. The third-order valence-corrected chi connectivity index (χ3v) is 10.4. The Bertz CT molecular complexity index is 1540. The number of nitrogens with zero attached hydrogens (tertiary/aromatic N) is 2. The van der Waals surface area contributed by atoms with Crippen LogP contribution in [0.2, 0.25) is 0 Å². The van der Waals surface area contributed by atoms with E-state index in [9.17, 15) is 16.8 Å². The Balaban J connectivity index is 1.50. The van der Waals surface area contributed by atoms with E-state index in [1.807, 2.05) is 48.5 Å². The first-order chi connectivity index (χ1) is 16.4. The highest BCUT2D eigenvalue weighted by Gasteiger charge is 2.34. The number of hydrogen-bond donors (Lipinski definition) is 0. The summed E-state index contributed by atoms with van der Waals surface area (Å²) in [5.74, 6) is 0. The summed E-state index contributed by atoms with van der Waals surface area (Å²) in [4.78, 5) is 0.223. The maximum atomic E-state index is 13.8. The highest BCUT2D eigenvalue weighted by atomic mass is 32.2. The zero-order valence-electron chi connectivity index (χ0n) is 18.3. The first-order valence-corrected chi connectivity index (χ1v) is 14.0. The fourth-order valence-corrected chi connectivity index (χ4v) is 8.48. The fraction of sp³-hybridized carbons (Fsp3) is 0.154. The molecule has 0 bridgehead atoms. The van der Waals surface area contributed by atoms with Crippen molar-refractivity contribution in [3.8, 4) is 0 Å². The van der Waals surface area contributed by atoms with Crippen molar-refractivity contribution in [1.82, 2.24) is 0 Å². The van der Waals surface area contributed by atoms with Gasteiger partial charge in [0.15, 0.2) is 0 Å². The first-order valence-electron chi connectivity index (χ1n) is 11.1. The number of anilines is 2. The normalized spacial score (nSPS) is 15.5. The topological polar surface area (TPSA) is 74.8 Å². The quantitative estimate of drug-likeness (QED) is 0.427. The van der Waals surface area contributed by atoms with E-state index in [1.165, 1.54) is 8.61 Å². The molecule has 4 aromatic rings. The molecule has 0 saturated heterocycles. The molecule has 2 aliphatic rings. The standard InChI is InChI=1S/C26H22N2O4S2/c29-33(30,27-17-15-19-7-1-3-11-23(19)27)25-13-5-10-22-21(25)9-6-14-26(22)34(31,32)28-18-16-20-8-2-4-12-24(20)28/h1-14H,15-18H2. The molecule has 2 aliphatic heterocycles. The second-order valence-corrected chi connectivity index (χ2v) is 12.2. The van der Waals surface area contributed by atoms with Gasteiger partial charge in [-0.1, -0.05) is 60.7 Å². The van der Waals surface area contributed by atoms with Crippen LogP contribution in [0, 0.1) is 0 Å². The highest BCUT2D eigenvalue weighted by Crippen LogP contribution is 2.38. The zero-order valence-corrected chi connectivity index (χ0v) is 19.9. The van der Waals surface area contributed by atoms with Gasteiger partial charge in [0.05, 0.1) is 21.2 Å². The van der Waals surface area contributed by atoms with E-state index in [4.69, 9.17) is 0 Å². The largest absolute Gasteiger partial charge is 0.266 e. The van der Waals surface area contributed by atoms with Crippen LogP contribution in [0.5, 0.6) is 0 Å². The van der Waals surface area contributed by atoms with Crippen molar-refractivity contribution in [3.63, 3.8) is 0 Å². The van der Waals surface area contributed by atoms with Crippen LogP contribution < -0.4 is 8.61 Å². The Morgan fingerprint density at radius 3 is 1.35 bits per heavy atom. The molecule has 6 rings (SSSR count). The Kier molecular flexibility index (Phi) is 4.72. The molecule has 0 fully saturated rings. The number of rotatable bonds is 4. The van der Waals surface area contributed by atoms with Crippen LogP contribution >= 0.6 is 0 Å². The molecule has 34 heavy (non-hydrogen) atoms. The van der Waals surface area contributed by atoms with Crippen LogP contribution in [0.4, 0.5) is 11.4 Å². The molecule has 0 spiro atoms. The molecule has 0 saturated carbocycles. The molecule has 0 unspecified atom stereocenters. The molecule has 172 valence electrons. The van der Waals surface area contributed by atoms with E-state index in [1.54, 1.807) is 36.4 Å². The summed E-state index contributed by atoms with van der Waals surface area (Å²) in [5, 5.41) is 0.806. The van der Waals surface area contributed by atoms with Gasteiger partial charge in [-0.25, -0.2) is 16.8 Å². The summed E-state index contributed by atoms with van der Waals surface area (Å²) in [6, 6.07) is 24.7. The number of fused-ring (bicyclic) bond motifs is 3. The minimum absolute atomic E-state index is 0.112. The second kappa shape index (κ2) is 7.58. The van der Waals surface area contributed by atoms with Gasteiger partial charge >= 0.3 is 0 Å². The van der Waals surface area contributed by atoms with E-state index in [2.05, 4.69) is 0 Å². The van der Waals surface area contributed by atoms with E-state index >= 15 is 0 Å². The molecule has 0 amide bonds. The SMILES string of the molecule is O=S(=O)(c1cccc2c(S(=O)(=O)N3CCc4ccccc43)cccc12)N1CCc2ccccc21. The third kappa shape index (κ3) is 3.05. The number of sulfonamides is 2. The van der Waals surface area contributed by atoms with Gasteiger partial charge in [-0.3, -0.25) is 8.61 Å². The van der Waals surface area contributed by atoms with E-state index < -0.39 is 20.0 Å². The van der Waals surface area contributed by atoms with Gasteiger partial charge in [0.2, 0.25) is 0 Å². The second-order valence-electron chi connectivity index (χ2n) is 8.52. The van der Waals surface area contributed by atoms with E-state index in [0.29, 0.717) is 48.1 Å².